The van der Waals surface area contributed by atoms with Crippen LogP contribution in [0.15, 0.2) is 91.0 Å². The van der Waals surface area contributed by atoms with Crippen LogP contribution in [0.5, 0.6) is 17.2 Å². The molecule has 5 rings (SSSR count). The molecular formula is C28H27NO5S. The van der Waals surface area contributed by atoms with E-state index < -0.39 is 16.3 Å². The van der Waals surface area contributed by atoms with Gasteiger partial charge in [-0.05, 0) is 42.5 Å². The lowest BCUT2D eigenvalue weighted by atomic mass is 9.84. The average molecular weight is 490 g/mol. The van der Waals surface area contributed by atoms with E-state index in [2.05, 4.69) is 41.6 Å². The summed E-state index contributed by atoms with van der Waals surface area (Å²) in [4.78, 5) is 0. The predicted octanol–water partition coefficient (Wildman–Crippen LogP) is 5.59. The second-order valence-corrected chi connectivity index (χ2v) is 10.1. The van der Waals surface area contributed by atoms with Crippen molar-refractivity contribution in [3.05, 3.63) is 108 Å². The van der Waals surface area contributed by atoms with Crippen LogP contribution in [0.1, 0.15) is 36.1 Å². The van der Waals surface area contributed by atoms with Gasteiger partial charge in [-0.25, -0.2) is 0 Å². The fourth-order valence-corrected chi connectivity index (χ4v) is 5.54. The van der Waals surface area contributed by atoms with Crippen molar-refractivity contribution in [2.45, 2.75) is 25.8 Å². The predicted molar refractivity (Wildman–Crippen MR) is 135 cm³/mol. The van der Waals surface area contributed by atoms with E-state index in [1.165, 1.54) is 5.56 Å². The van der Waals surface area contributed by atoms with Gasteiger partial charge in [0, 0.05) is 17.5 Å². The number of hydrogen-bond acceptors (Lipinski definition) is 5. The minimum atomic E-state index is -4.01. The zero-order valence-electron chi connectivity index (χ0n) is 19.4. The highest BCUT2D eigenvalue weighted by molar-refractivity contribution is 7.85. The molecule has 0 spiro atoms. The van der Waals surface area contributed by atoms with Crippen LogP contribution in [-0.2, 0) is 16.7 Å². The minimum Gasteiger partial charge on any atom is -0.454 e. The third-order valence-corrected chi connectivity index (χ3v) is 7.23. The number of benzene rings is 3. The van der Waals surface area contributed by atoms with Gasteiger partial charge in [0.25, 0.3) is 0 Å². The van der Waals surface area contributed by atoms with Crippen LogP contribution in [0, 0.1) is 5.92 Å². The summed E-state index contributed by atoms with van der Waals surface area (Å²) in [5.41, 5.74) is 4.97. The normalized spacial score (nSPS) is 18.9. The van der Waals surface area contributed by atoms with E-state index in [1.807, 2.05) is 43.3 Å². The van der Waals surface area contributed by atoms with Crippen LogP contribution in [0.3, 0.4) is 0 Å². The minimum absolute atomic E-state index is 0.0878. The van der Waals surface area contributed by atoms with Crippen molar-refractivity contribution in [1.82, 2.24) is 4.72 Å². The van der Waals surface area contributed by atoms with Crippen LogP contribution >= 0.6 is 0 Å². The molecule has 1 N–H and O–H groups in total. The fraction of sp³-hybridized carbons (Fsp3) is 0.214. The highest BCUT2D eigenvalue weighted by Gasteiger charge is 2.37. The number of allylic oxidation sites excluding steroid dienone is 1. The number of rotatable bonds is 7. The molecule has 2 aliphatic heterocycles. The summed E-state index contributed by atoms with van der Waals surface area (Å²) in [6, 6.07) is 23.2. The molecule has 2 aliphatic rings. The third-order valence-electron chi connectivity index (χ3n) is 6.29. The SMILES string of the molecule is C=C(C)[C@@H](/C=C(\CCc1ccccc1)c1ccccc1)[C@@H]1NS(=O)(=O)Oc2cc3c(cc21)OCO3. The Morgan fingerprint density at radius 1 is 1.03 bits per heavy atom. The van der Waals surface area contributed by atoms with E-state index in [1.54, 1.807) is 12.1 Å². The molecule has 35 heavy (non-hydrogen) atoms. The largest absolute Gasteiger partial charge is 0.454 e. The van der Waals surface area contributed by atoms with Gasteiger partial charge < -0.3 is 13.7 Å². The molecule has 0 unspecified atom stereocenters. The van der Waals surface area contributed by atoms with Crippen LogP contribution in [-0.4, -0.2) is 15.2 Å². The zero-order chi connectivity index (χ0) is 24.4. The van der Waals surface area contributed by atoms with Gasteiger partial charge in [-0.15, -0.1) is 0 Å². The molecule has 0 aromatic heterocycles. The summed E-state index contributed by atoms with van der Waals surface area (Å²) in [6.45, 7) is 6.21. The first-order valence-electron chi connectivity index (χ1n) is 11.5. The molecule has 2 atom stereocenters. The average Bonchev–Trinajstić information content (AvgIpc) is 3.30. The highest BCUT2D eigenvalue weighted by atomic mass is 32.2. The maximum absolute atomic E-state index is 12.7. The number of ether oxygens (including phenoxy) is 2. The third kappa shape index (κ3) is 5.11. The first kappa shape index (κ1) is 23.2. The second kappa shape index (κ2) is 9.60. The van der Waals surface area contributed by atoms with E-state index in [0.29, 0.717) is 17.1 Å². The topological polar surface area (TPSA) is 73.9 Å². The first-order valence-corrected chi connectivity index (χ1v) is 12.9. The van der Waals surface area contributed by atoms with E-state index in [4.69, 9.17) is 13.7 Å². The molecule has 0 saturated carbocycles. The van der Waals surface area contributed by atoms with Crippen molar-refractivity contribution in [3.63, 3.8) is 0 Å². The maximum atomic E-state index is 12.7. The summed E-state index contributed by atoms with van der Waals surface area (Å²) in [5, 5.41) is 0. The number of hydrogen-bond donors (Lipinski definition) is 1. The molecule has 0 amide bonds. The lowest BCUT2D eigenvalue weighted by molar-refractivity contribution is 0.174. The lowest BCUT2D eigenvalue weighted by Gasteiger charge is -2.32. The van der Waals surface area contributed by atoms with Crippen LogP contribution in [0.4, 0.5) is 0 Å². The molecule has 0 fully saturated rings. The van der Waals surface area contributed by atoms with Crippen molar-refractivity contribution >= 4 is 15.9 Å². The standard InChI is InChI=1S/C28H27NO5S/c1-19(2)23(15-22(21-11-7-4-8-12-21)14-13-20-9-5-3-6-10-20)28-24-16-26-27(33-18-32-26)17-25(24)34-35(30,31)29-28/h3-12,15-17,23,28-29H,1,13-14,18H2,2H3/b22-15+/t23-,28+/m1/s1. The molecule has 0 saturated heterocycles. The Bertz CT molecular complexity index is 1370. The Balaban J connectivity index is 1.56. The highest BCUT2D eigenvalue weighted by Crippen LogP contribution is 2.46. The summed E-state index contributed by atoms with van der Waals surface area (Å²) in [5.74, 6) is 0.951. The molecule has 2 heterocycles. The fourth-order valence-electron chi connectivity index (χ4n) is 4.52. The number of aryl methyl sites for hydroxylation is 1. The summed E-state index contributed by atoms with van der Waals surface area (Å²) in [6.07, 6.45) is 3.79. The molecule has 0 aliphatic carbocycles. The summed E-state index contributed by atoms with van der Waals surface area (Å²) in [7, 11) is -4.01. The van der Waals surface area contributed by atoms with Crippen molar-refractivity contribution in [2.75, 3.05) is 6.79 Å². The van der Waals surface area contributed by atoms with Crippen LogP contribution in [0.25, 0.3) is 5.57 Å². The second-order valence-electron chi connectivity index (χ2n) is 8.79. The maximum Gasteiger partial charge on any atom is 0.383 e. The Morgan fingerprint density at radius 2 is 1.69 bits per heavy atom. The smallest absolute Gasteiger partial charge is 0.383 e. The van der Waals surface area contributed by atoms with Crippen LogP contribution < -0.4 is 18.4 Å². The van der Waals surface area contributed by atoms with E-state index >= 15 is 0 Å². The quantitative estimate of drug-likeness (QED) is 0.438. The molecule has 3 aromatic rings. The summed E-state index contributed by atoms with van der Waals surface area (Å²) < 4.78 is 44.3. The molecule has 6 nitrogen and oxygen atoms in total. The van der Waals surface area contributed by atoms with E-state index in [0.717, 1.165) is 29.6 Å². The Hall–Kier alpha value is -3.55. The molecule has 0 bridgehead atoms. The lowest BCUT2D eigenvalue weighted by Crippen LogP contribution is -2.40. The Kier molecular flexibility index (Phi) is 6.36. The Morgan fingerprint density at radius 3 is 2.37 bits per heavy atom. The number of fused-ring (bicyclic) bond motifs is 2. The zero-order valence-corrected chi connectivity index (χ0v) is 20.3. The molecule has 180 valence electrons. The van der Waals surface area contributed by atoms with E-state index in [-0.39, 0.29) is 18.5 Å². The van der Waals surface area contributed by atoms with E-state index in [9.17, 15) is 8.42 Å². The van der Waals surface area contributed by atoms with Gasteiger partial charge in [-0.1, -0.05) is 78.9 Å². The molecule has 0 radical (unpaired) electrons. The van der Waals surface area contributed by atoms with Crippen molar-refractivity contribution in [3.8, 4) is 17.2 Å². The van der Waals surface area contributed by atoms with Crippen LogP contribution in [0.2, 0.25) is 0 Å². The monoisotopic (exact) mass is 489 g/mol. The molecular weight excluding hydrogens is 462 g/mol. The first-order chi connectivity index (χ1) is 16.9. The van der Waals surface area contributed by atoms with Gasteiger partial charge in [0.2, 0.25) is 6.79 Å². The van der Waals surface area contributed by atoms with Gasteiger partial charge in [0.15, 0.2) is 17.2 Å². The van der Waals surface area contributed by atoms with Gasteiger partial charge in [0.05, 0.1) is 6.04 Å². The van der Waals surface area contributed by atoms with Crippen molar-refractivity contribution < 1.29 is 22.1 Å². The molecule has 7 heteroatoms. The Labute approximate surface area is 206 Å². The van der Waals surface area contributed by atoms with Gasteiger partial charge >= 0.3 is 10.3 Å². The van der Waals surface area contributed by atoms with Crippen molar-refractivity contribution in [1.29, 1.82) is 0 Å². The van der Waals surface area contributed by atoms with Gasteiger partial charge in [-0.2, -0.15) is 13.1 Å². The van der Waals surface area contributed by atoms with Gasteiger partial charge in [-0.3, -0.25) is 0 Å². The summed E-state index contributed by atoms with van der Waals surface area (Å²) >= 11 is 0. The van der Waals surface area contributed by atoms with Gasteiger partial charge in [0.1, 0.15) is 0 Å². The number of nitrogens with one attached hydrogen (secondary N) is 1. The molecule has 3 aromatic carbocycles. The van der Waals surface area contributed by atoms with Crippen molar-refractivity contribution in [2.24, 2.45) is 5.92 Å².